The number of carbonyl (C=O) groups is 1. The summed E-state index contributed by atoms with van der Waals surface area (Å²) in [7, 11) is 0. The normalized spacial score (nSPS) is 10.5. The molecule has 1 heterocycles. The molecular weight excluding hydrogens is 336 g/mol. The third kappa shape index (κ3) is 5.14. The first kappa shape index (κ1) is 18.6. The number of rotatable bonds is 6. The Morgan fingerprint density at radius 2 is 1.67 bits per heavy atom. The molecular formula is C22H24N4O. The predicted molar refractivity (Wildman–Crippen MR) is 108 cm³/mol. The highest BCUT2D eigenvalue weighted by Gasteiger charge is 2.11. The van der Waals surface area contributed by atoms with E-state index in [1.807, 2.05) is 31.2 Å². The Hall–Kier alpha value is -3.21. The lowest BCUT2D eigenvalue weighted by Gasteiger charge is -2.10. The van der Waals surface area contributed by atoms with Gasteiger partial charge in [0.25, 0.3) is 5.91 Å². The van der Waals surface area contributed by atoms with Crippen molar-refractivity contribution in [1.82, 2.24) is 15.3 Å². The molecule has 2 N–H and O–H groups in total. The van der Waals surface area contributed by atoms with Crippen LogP contribution in [0.25, 0.3) is 0 Å². The molecule has 2 aromatic carbocycles. The van der Waals surface area contributed by atoms with E-state index in [9.17, 15) is 4.79 Å². The number of anilines is 1. The molecule has 5 nitrogen and oxygen atoms in total. The van der Waals surface area contributed by atoms with Gasteiger partial charge in [0.1, 0.15) is 17.3 Å². The van der Waals surface area contributed by atoms with Crippen molar-refractivity contribution in [3.8, 4) is 0 Å². The van der Waals surface area contributed by atoms with E-state index in [1.54, 1.807) is 13.0 Å². The lowest BCUT2D eigenvalue weighted by molar-refractivity contribution is 0.0945. The summed E-state index contributed by atoms with van der Waals surface area (Å²) in [6.45, 7) is 6.99. The van der Waals surface area contributed by atoms with Gasteiger partial charge in [-0.05, 0) is 37.5 Å². The highest BCUT2D eigenvalue weighted by molar-refractivity contribution is 5.92. The molecule has 0 saturated carbocycles. The molecule has 5 heteroatoms. The van der Waals surface area contributed by atoms with Gasteiger partial charge >= 0.3 is 0 Å². The van der Waals surface area contributed by atoms with Crippen LogP contribution in [0, 0.1) is 20.8 Å². The van der Waals surface area contributed by atoms with Crippen molar-refractivity contribution in [2.24, 2.45) is 0 Å². The monoisotopic (exact) mass is 360 g/mol. The summed E-state index contributed by atoms with van der Waals surface area (Å²) >= 11 is 0. The van der Waals surface area contributed by atoms with Crippen molar-refractivity contribution < 1.29 is 4.79 Å². The van der Waals surface area contributed by atoms with Crippen LogP contribution in [0.4, 0.5) is 5.82 Å². The molecule has 0 radical (unpaired) electrons. The Morgan fingerprint density at radius 3 is 2.41 bits per heavy atom. The quantitative estimate of drug-likeness (QED) is 0.699. The standard InChI is InChI=1S/C22H24N4O/c1-15-8-10-18(11-9-15)13-23-21-12-20(25-17(3)26-21)22(27)24-14-19-7-5-4-6-16(19)2/h4-12H,13-14H2,1-3H3,(H,24,27)(H,23,25,26). The predicted octanol–water partition coefficient (Wildman–Crippen LogP) is 3.94. The van der Waals surface area contributed by atoms with Gasteiger partial charge in [-0.25, -0.2) is 9.97 Å². The highest BCUT2D eigenvalue weighted by atomic mass is 16.1. The van der Waals surface area contributed by atoms with Crippen molar-refractivity contribution in [2.75, 3.05) is 5.32 Å². The molecule has 0 saturated heterocycles. The van der Waals surface area contributed by atoms with Gasteiger partial charge in [-0.3, -0.25) is 4.79 Å². The van der Waals surface area contributed by atoms with Gasteiger partial charge in [0.2, 0.25) is 0 Å². The summed E-state index contributed by atoms with van der Waals surface area (Å²) in [6.07, 6.45) is 0. The SMILES string of the molecule is Cc1ccc(CNc2cc(C(=O)NCc3ccccc3C)nc(C)n2)cc1. The van der Waals surface area contributed by atoms with Gasteiger partial charge in [-0.1, -0.05) is 54.1 Å². The summed E-state index contributed by atoms with van der Waals surface area (Å²) in [5.41, 5.74) is 4.99. The number of hydrogen-bond acceptors (Lipinski definition) is 4. The van der Waals surface area contributed by atoms with Crippen molar-refractivity contribution in [2.45, 2.75) is 33.9 Å². The van der Waals surface area contributed by atoms with Crippen molar-refractivity contribution >= 4 is 11.7 Å². The maximum atomic E-state index is 12.5. The fourth-order valence-electron chi connectivity index (χ4n) is 2.75. The number of amides is 1. The number of carbonyl (C=O) groups excluding carboxylic acids is 1. The topological polar surface area (TPSA) is 66.9 Å². The molecule has 0 unspecified atom stereocenters. The van der Waals surface area contributed by atoms with Crippen LogP contribution in [-0.2, 0) is 13.1 Å². The van der Waals surface area contributed by atoms with E-state index in [2.05, 4.69) is 51.8 Å². The van der Waals surface area contributed by atoms with Crippen LogP contribution in [0.2, 0.25) is 0 Å². The number of hydrogen-bond donors (Lipinski definition) is 2. The van der Waals surface area contributed by atoms with Gasteiger partial charge in [-0.2, -0.15) is 0 Å². The largest absolute Gasteiger partial charge is 0.366 e. The minimum Gasteiger partial charge on any atom is -0.366 e. The first-order chi connectivity index (χ1) is 13.0. The summed E-state index contributed by atoms with van der Waals surface area (Å²) < 4.78 is 0. The Morgan fingerprint density at radius 1 is 0.926 bits per heavy atom. The van der Waals surface area contributed by atoms with Gasteiger partial charge < -0.3 is 10.6 Å². The minimum atomic E-state index is -0.206. The number of nitrogens with zero attached hydrogens (tertiary/aromatic N) is 2. The van der Waals surface area contributed by atoms with E-state index in [0.717, 1.165) is 16.7 Å². The fourth-order valence-corrected chi connectivity index (χ4v) is 2.75. The molecule has 0 spiro atoms. The molecule has 0 aliphatic carbocycles. The van der Waals surface area contributed by atoms with Gasteiger partial charge in [-0.15, -0.1) is 0 Å². The third-order valence-corrected chi connectivity index (χ3v) is 4.37. The molecule has 3 rings (SSSR count). The first-order valence-electron chi connectivity index (χ1n) is 8.99. The highest BCUT2D eigenvalue weighted by Crippen LogP contribution is 2.11. The zero-order chi connectivity index (χ0) is 19.2. The van der Waals surface area contributed by atoms with Crippen LogP contribution in [0.5, 0.6) is 0 Å². The van der Waals surface area contributed by atoms with Crippen molar-refractivity contribution in [1.29, 1.82) is 0 Å². The van der Waals surface area contributed by atoms with Gasteiger partial charge in [0.05, 0.1) is 0 Å². The summed E-state index contributed by atoms with van der Waals surface area (Å²) in [6, 6.07) is 18.0. The maximum absolute atomic E-state index is 12.5. The lowest BCUT2D eigenvalue weighted by atomic mass is 10.1. The maximum Gasteiger partial charge on any atom is 0.270 e. The molecule has 3 aromatic rings. The number of aromatic nitrogens is 2. The molecule has 1 aromatic heterocycles. The zero-order valence-electron chi connectivity index (χ0n) is 15.9. The second-order valence-corrected chi connectivity index (χ2v) is 6.63. The molecule has 138 valence electrons. The Labute approximate surface area is 159 Å². The van der Waals surface area contributed by atoms with Crippen LogP contribution >= 0.6 is 0 Å². The summed E-state index contributed by atoms with van der Waals surface area (Å²) in [5.74, 6) is 0.996. The molecule has 0 aliphatic heterocycles. The van der Waals surface area contributed by atoms with Crippen LogP contribution in [0.3, 0.4) is 0 Å². The second-order valence-electron chi connectivity index (χ2n) is 6.63. The van der Waals surface area contributed by atoms with Crippen LogP contribution in [0.1, 0.15) is 38.6 Å². The molecule has 27 heavy (non-hydrogen) atoms. The van der Waals surface area contributed by atoms with E-state index < -0.39 is 0 Å². The molecule has 0 fully saturated rings. The number of nitrogens with one attached hydrogen (secondary N) is 2. The smallest absolute Gasteiger partial charge is 0.270 e. The Balaban J connectivity index is 1.66. The Bertz CT molecular complexity index is 935. The fraction of sp³-hybridized carbons (Fsp3) is 0.227. The van der Waals surface area contributed by atoms with E-state index in [1.165, 1.54) is 5.56 Å². The Kier molecular flexibility index (Phi) is 5.81. The van der Waals surface area contributed by atoms with Gasteiger partial charge in [0, 0.05) is 19.2 Å². The molecule has 0 atom stereocenters. The van der Waals surface area contributed by atoms with Crippen LogP contribution < -0.4 is 10.6 Å². The molecule has 0 aliphatic rings. The molecule has 1 amide bonds. The average molecular weight is 360 g/mol. The van der Waals surface area contributed by atoms with Crippen molar-refractivity contribution in [3.63, 3.8) is 0 Å². The van der Waals surface area contributed by atoms with Gasteiger partial charge in [0.15, 0.2) is 0 Å². The number of benzene rings is 2. The van der Waals surface area contributed by atoms with Crippen molar-refractivity contribution in [3.05, 3.63) is 88.4 Å². The number of aryl methyl sites for hydroxylation is 3. The molecule has 0 bridgehead atoms. The minimum absolute atomic E-state index is 0.206. The summed E-state index contributed by atoms with van der Waals surface area (Å²) in [4.78, 5) is 21.2. The lowest BCUT2D eigenvalue weighted by Crippen LogP contribution is -2.25. The van der Waals surface area contributed by atoms with E-state index in [4.69, 9.17) is 0 Å². The third-order valence-electron chi connectivity index (χ3n) is 4.37. The van der Waals surface area contributed by atoms with Crippen LogP contribution in [0.15, 0.2) is 54.6 Å². The zero-order valence-corrected chi connectivity index (χ0v) is 15.9. The van der Waals surface area contributed by atoms with E-state index >= 15 is 0 Å². The summed E-state index contributed by atoms with van der Waals surface area (Å²) in [5, 5.41) is 6.20. The first-order valence-corrected chi connectivity index (χ1v) is 8.99. The second kappa shape index (κ2) is 8.45. The van der Waals surface area contributed by atoms with E-state index in [-0.39, 0.29) is 5.91 Å². The average Bonchev–Trinajstić information content (AvgIpc) is 2.66. The van der Waals surface area contributed by atoms with Crippen LogP contribution in [-0.4, -0.2) is 15.9 Å². The van der Waals surface area contributed by atoms with E-state index in [0.29, 0.717) is 30.4 Å².